The standard InChI is InChI=1S/C21H43BO3Si/c1-17(15-22-24-20(6,7)21(8,9)25-22)13-12-14-18(2)16-23-26(10,11)19(3,4)5/h15,18H,12-14,16H2,1-11H3/b17-15-/t18-/m0/s1. The third-order valence-corrected chi connectivity index (χ3v) is 11.0. The minimum Gasteiger partial charge on any atom is -0.417 e. The van der Waals surface area contributed by atoms with E-state index in [1.165, 1.54) is 18.4 Å². The highest BCUT2D eigenvalue weighted by Crippen LogP contribution is 2.38. The van der Waals surface area contributed by atoms with E-state index in [0.29, 0.717) is 5.92 Å². The molecular weight excluding hydrogens is 339 g/mol. The van der Waals surface area contributed by atoms with Crippen LogP contribution < -0.4 is 0 Å². The molecular formula is C21H43BO3Si. The first-order chi connectivity index (χ1) is 11.6. The van der Waals surface area contributed by atoms with E-state index < -0.39 is 8.32 Å². The third kappa shape index (κ3) is 6.50. The zero-order valence-electron chi connectivity index (χ0n) is 19.3. The largest absolute Gasteiger partial charge is 0.487 e. The summed E-state index contributed by atoms with van der Waals surface area (Å²) in [5, 5.41) is 0.287. The molecule has 5 heteroatoms. The minimum absolute atomic E-state index is 0.223. The van der Waals surface area contributed by atoms with E-state index >= 15 is 0 Å². The van der Waals surface area contributed by atoms with Crippen LogP contribution in [0.1, 0.15) is 81.6 Å². The Morgan fingerprint density at radius 3 is 2.08 bits per heavy atom. The average molecular weight is 382 g/mol. The third-order valence-electron chi connectivity index (χ3n) is 6.49. The summed E-state index contributed by atoms with van der Waals surface area (Å²) in [4.78, 5) is 0. The Morgan fingerprint density at radius 1 is 1.12 bits per heavy atom. The van der Waals surface area contributed by atoms with Crippen molar-refractivity contribution >= 4 is 15.4 Å². The predicted octanol–water partition coefficient (Wildman–Crippen LogP) is 6.39. The number of allylic oxidation sites excluding steroid dienone is 1. The lowest BCUT2D eigenvalue weighted by Gasteiger charge is -2.37. The molecule has 1 aliphatic heterocycles. The molecule has 0 aromatic rings. The molecule has 1 rings (SSSR count). The fourth-order valence-corrected chi connectivity index (χ4v) is 3.79. The monoisotopic (exact) mass is 382 g/mol. The Hall–Kier alpha value is -0.0982. The predicted molar refractivity (Wildman–Crippen MR) is 116 cm³/mol. The highest BCUT2D eigenvalue weighted by atomic mass is 28.4. The lowest BCUT2D eigenvalue weighted by Crippen LogP contribution is -2.41. The van der Waals surface area contributed by atoms with Gasteiger partial charge in [0.2, 0.25) is 0 Å². The molecule has 1 atom stereocenters. The first kappa shape index (κ1) is 23.9. The molecule has 0 bridgehead atoms. The summed E-state index contributed by atoms with van der Waals surface area (Å²) >= 11 is 0. The summed E-state index contributed by atoms with van der Waals surface area (Å²) in [6.07, 6.45) is 3.47. The fraction of sp³-hybridized carbons (Fsp3) is 0.905. The molecule has 0 radical (unpaired) electrons. The van der Waals surface area contributed by atoms with Crippen molar-refractivity contribution in [2.75, 3.05) is 6.61 Å². The van der Waals surface area contributed by atoms with Gasteiger partial charge in [-0.2, -0.15) is 0 Å². The first-order valence-corrected chi connectivity index (χ1v) is 13.2. The Kier molecular flexibility index (Phi) is 7.83. The summed E-state index contributed by atoms with van der Waals surface area (Å²) < 4.78 is 18.5. The van der Waals surface area contributed by atoms with Crippen LogP contribution in [-0.4, -0.2) is 33.2 Å². The molecule has 0 spiro atoms. The topological polar surface area (TPSA) is 27.7 Å². The van der Waals surface area contributed by atoms with Gasteiger partial charge < -0.3 is 13.7 Å². The van der Waals surface area contributed by atoms with Crippen molar-refractivity contribution in [3.63, 3.8) is 0 Å². The van der Waals surface area contributed by atoms with Gasteiger partial charge in [-0.1, -0.05) is 39.2 Å². The lowest BCUT2D eigenvalue weighted by molar-refractivity contribution is 0.00578. The summed E-state index contributed by atoms with van der Waals surface area (Å²) in [6.45, 7) is 25.3. The van der Waals surface area contributed by atoms with Crippen LogP contribution in [0.5, 0.6) is 0 Å². The van der Waals surface area contributed by atoms with E-state index in [9.17, 15) is 0 Å². The molecule has 1 fully saturated rings. The molecule has 0 saturated carbocycles. The molecule has 1 saturated heterocycles. The maximum absolute atomic E-state index is 6.35. The minimum atomic E-state index is -1.63. The van der Waals surface area contributed by atoms with Gasteiger partial charge in [0.05, 0.1) is 11.2 Å². The molecule has 1 heterocycles. The van der Waals surface area contributed by atoms with Gasteiger partial charge in [-0.3, -0.25) is 0 Å². The highest BCUT2D eigenvalue weighted by molar-refractivity contribution is 6.74. The molecule has 26 heavy (non-hydrogen) atoms. The first-order valence-electron chi connectivity index (χ1n) is 10.2. The Morgan fingerprint density at radius 2 is 1.62 bits per heavy atom. The maximum atomic E-state index is 6.35. The van der Waals surface area contributed by atoms with E-state index in [4.69, 9.17) is 13.7 Å². The van der Waals surface area contributed by atoms with Crippen molar-refractivity contribution in [1.29, 1.82) is 0 Å². The van der Waals surface area contributed by atoms with Crippen LogP contribution in [0.15, 0.2) is 11.5 Å². The quantitative estimate of drug-likeness (QED) is 0.455. The smallest absolute Gasteiger partial charge is 0.417 e. The van der Waals surface area contributed by atoms with Crippen LogP contribution in [0, 0.1) is 5.92 Å². The van der Waals surface area contributed by atoms with E-state index in [1.54, 1.807) is 0 Å². The molecule has 3 nitrogen and oxygen atoms in total. The average Bonchev–Trinajstić information content (AvgIpc) is 2.62. The Bertz CT molecular complexity index is 476. The van der Waals surface area contributed by atoms with Gasteiger partial charge in [-0.05, 0) is 77.9 Å². The fourth-order valence-electron chi connectivity index (χ4n) is 2.65. The molecule has 0 aliphatic carbocycles. The van der Waals surface area contributed by atoms with Crippen molar-refractivity contribution in [2.24, 2.45) is 5.92 Å². The van der Waals surface area contributed by atoms with Crippen molar-refractivity contribution < 1.29 is 13.7 Å². The summed E-state index contributed by atoms with van der Waals surface area (Å²) in [5.74, 6) is 2.75. The molecule has 0 aromatic carbocycles. The highest BCUT2D eigenvalue weighted by Gasteiger charge is 2.50. The second kappa shape index (κ2) is 8.50. The maximum Gasteiger partial charge on any atom is 0.487 e. The molecule has 0 unspecified atom stereocenters. The normalized spacial score (nSPS) is 22.0. The van der Waals surface area contributed by atoms with Crippen molar-refractivity contribution in [3.05, 3.63) is 11.5 Å². The van der Waals surface area contributed by atoms with Crippen LogP contribution in [0.2, 0.25) is 18.1 Å². The SMILES string of the molecule is C/C(=C/B1OC(C)(C)C(C)(C)O1)CCC[C@H](C)CO[Si](C)(C)C(C)(C)C. The van der Waals surface area contributed by atoms with Crippen molar-refractivity contribution in [1.82, 2.24) is 0 Å². The summed E-state index contributed by atoms with van der Waals surface area (Å²) in [7, 11) is -1.85. The zero-order chi connectivity index (χ0) is 20.4. The number of hydrogen-bond acceptors (Lipinski definition) is 3. The van der Waals surface area contributed by atoms with E-state index in [-0.39, 0.29) is 23.4 Å². The lowest BCUT2D eigenvalue weighted by atomic mass is 9.86. The van der Waals surface area contributed by atoms with Gasteiger partial charge in [-0.15, -0.1) is 0 Å². The second-order valence-electron chi connectivity index (χ2n) is 10.7. The summed E-state index contributed by atoms with van der Waals surface area (Å²) in [5.41, 5.74) is 0.828. The van der Waals surface area contributed by atoms with Gasteiger partial charge >= 0.3 is 7.12 Å². The van der Waals surface area contributed by atoms with Crippen LogP contribution >= 0.6 is 0 Å². The van der Waals surface area contributed by atoms with Crippen molar-refractivity contribution in [3.8, 4) is 0 Å². The van der Waals surface area contributed by atoms with Gasteiger partial charge in [0.25, 0.3) is 0 Å². The molecule has 1 aliphatic rings. The van der Waals surface area contributed by atoms with Gasteiger partial charge in [-0.25, -0.2) is 0 Å². The van der Waals surface area contributed by atoms with Gasteiger partial charge in [0, 0.05) is 6.61 Å². The molecule has 0 N–H and O–H groups in total. The van der Waals surface area contributed by atoms with Crippen molar-refractivity contribution in [2.45, 2.75) is 111 Å². The Balaban J connectivity index is 2.37. The van der Waals surface area contributed by atoms with E-state index in [2.05, 4.69) is 81.4 Å². The van der Waals surface area contributed by atoms with Crippen LogP contribution in [0.3, 0.4) is 0 Å². The van der Waals surface area contributed by atoms with E-state index in [0.717, 1.165) is 13.0 Å². The van der Waals surface area contributed by atoms with Crippen LogP contribution in [0.4, 0.5) is 0 Å². The molecule has 0 aromatic heterocycles. The Labute approximate surface area is 164 Å². The molecule has 152 valence electrons. The number of hydrogen-bond donors (Lipinski definition) is 0. The van der Waals surface area contributed by atoms with Crippen LogP contribution in [0.25, 0.3) is 0 Å². The second-order valence-corrected chi connectivity index (χ2v) is 15.5. The molecule has 0 amide bonds. The summed E-state index contributed by atoms with van der Waals surface area (Å²) in [6, 6.07) is 0. The number of rotatable bonds is 8. The van der Waals surface area contributed by atoms with E-state index in [1.807, 2.05) is 0 Å². The van der Waals surface area contributed by atoms with Gasteiger partial charge in [0.1, 0.15) is 0 Å². The van der Waals surface area contributed by atoms with Crippen LogP contribution in [-0.2, 0) is 13.7 Å². The zero-order valence-corrected chi connectivity index (χ0v) is 20.3. The van der Waals surface area contributed by atoms with Gasteiger partial charge in [0.15, 0.2) is 8.32 Å².